The lowest BCUT2D eigenvalue weighted by Gasteiger charge is -2.00. The fourth-order valence-electron chi connectivity index (χ4n) is 1.31. The van der Waals surface area contributed by atoms with Gasteiger partial charge in [0.1, 0.15) is 12.0 Å². The molecule has 154 valence electrons. The molecule has 0 aliphatic heterocycles. The normalized spacial score (nSPS) is 8.62. The number of ether oxygens (including phenoxy) is 1. The molecule has 3 nitrogen and oxygen atoms in total. The standard InChI is InChI=1S/C10H16O.C7H11NO.3C2H6/c1-5-10(11-6-2)8-7-9(3)4;1-2-3-4-7-5-6-9-8-7;3*1-2/h5,7-8H,1,6H2,2-4H3;5-6H,2-4H2,1H3;3*1-2H3/b10-8+;;;;. The molecule has 0 spiro atoms. The Balaban J connectivity index is -0.000000145. The average Bonchev–Trinajstić information content (AvgIpc) is 3.22. The highest BCUT2D eigenvalue weighted by molar-refractivity contribution is 5.18. The fraction of sp³-hybridized carbons (Fsp3) is 0.609. The molecule has 26 heavy (non-hydrogen) atoms. The highest BCUT2D eigenvalue weighted by atomic mass is 16.5. The molecule has 1 heterocycles. The van der Waals surface area contributed by atoms with Crippen LogP contribution in [0.2, 0.25) is 0 Å². The van der Waals surface area contributed by atoms with Crippen LogP contribution in [0.5, 0.6) is 0 Å². The van der Waals surface area contributed by atoms with Crippen LogP contribution in [0.4, 0.5) is 0 Å². The number of nitrogens with zero attached hydrogens (tertiary/aromatic N) is 1. The lowest BCUT2D eigenvalue weighted by Crippen LogP contribution is -1.86. The summed E-state index contributed by atoms with van der Waals surface area (Å²) in [5.41, 5.74) is 2.32. The van der Waals surface area contributed by atoms with E-state index in [0.29, 0.717) is 6.61 Å². The molecule has 0 amide bonds. The van der Waals surface area contributed by atoms with Crippen molar-refractivity contribution < 1.29 is 9.26 Å². The van der Waals surface area contributed by atoms with Gasteiger partial charge in [0.25, 0.3) is 0 Å². The van der Waals surface area contributed by atoms with Gasteiger partial charge in [0.05, 0.1) is 12.3 Å². The summed E-state index contributed by atoms with van der Waals surface area (Å²) in [5, 5.41) is 3.78. The first-order valence-electron chi connectivity index (χ1n) is 10.1. The molecular weight excluding hydrogens is 322 g/mol. The summed E-state index contributed by atoms with van der Waals surface area (Å²) >= 11 is 0. The van der Waals surface area contributed by atoms with Gasteiger partial charge in [0.15, 0.2) is 0 Å². The molecule has 0 aliphatic carbocycles. The van der Waals surface area contributed by atoms with E-state index in [1.54, 1.807) is 12.3 Å². The molecule has 0 bridgehead atoms. The highest BCUT2D eigenvalue weighted by Gasteiger charge is 1.92. The molecule has 1 aromatic heterocycles. The zero-order valence-electron chi connectivity index (χ0n) is 19.2. The van der Waals surface area contributed by atoms with E-state index in [1.807, 2.05) is 80.5 Å². The Morgan fingerprint density at radius 3 is 2.00 bits per heavy atom. The van der Waals surface area contributed by atoms with Crippen LogP contribution in [0.25, 0.3) is 0 Å². The maximum Gasteiger partial charge on any atom is 0.124 e. The molecule has 1 aromatic rings. The van der Waals surface area contributed by atoms with Crippen molar-refractivity contribution in [3.8, 4) is 0 Å². The first kappa shape index (κ1) is 31.9. The van der Waals surface area contributed by atoms with Gasteiger partial charge in [0, 0.05) is 6.07 Å². The molecule has 0 N–H and O–H groups in total. The van der Waals surface area contributed by atoms with E-state index in [-0.39, 0.29) is 0 Å². The SMILES string of the molecule is C=C/C(=C\C=C(C)C)OCC.CC.CC.CC.CCCCc1ccon1. The summed E-state index contributed by atoms with van der Waals surface area (Å²) < 4.78 is 9.90. The van der Waals surface area contributed by atoms with Gasteiger partial charge in [-0.3, -0.25) is 0 Å². The Kier molecular flexibility index (Phi) is 38.1. The van der Waals surface area contributed by atoms with E-state index >= 15 is 0 Å². The second-order valence-corrected chi connectivity index (χ2v) is 4.54. The van der Waals surface area contributed by atoms with Crippen LogP contribution in [0.3, 0.4) is 0 Å². The van der Waals surface area contributed by atoms with Crippen LogP contribution in [0, 0.1) is 0 Å². The molecule has 0 atom stereocenters. The maximum atomic E-state index is 5.24. The molecule has 0 fully saturated rings. The van der Waals surface area contributed by atoms with Gasteiger partial charge in [0.2, 0.25) is 0 Å². The van der Waals surface area contributed by atoms with E-state index in [9.17, 15) is 0 Å². The molecule has 3 heteroatoms. The summed E-state index contributed by atoms with van der Waals surface area (Å²) in [4.78, 5) is 0. The lowest BCUT2D eigenvalue weighted by molar-refractivity contribution is 0.243. The molecule has 0 radical (unpaired) electrons. The van der Waals surface area contributed by atoms with Crippen LogP contribution in [0.15, 0.2) is 53.0 Å². The Morgan fingerprint density at radius 2 is 1.65 bits per heavy atom. The van der Waals surface area contributed by atoms with Crippen LogP contribution in [-0.4, -0.2) is 11.8 Å². The van der Waals surface area contributed by atoms with Gasteiger partial charge < -0.3 is 9.26 Å². The predicted octanol–water partition coefficient (Wildman–Crippen LogP) is 8.15. The smallest absolute Gasteiger partial charge is 0.124 e. The fourth-order valence-corrected chi connectivity index (χ4v) is 1.31. The molecule has 0 unspecified atom stereocenters. The largest absolute Gasteiger partial charge is 0.494 e. The topological polar surface area (TPSA) is 35.3 Å². The Labute approximate surface area is 164 Å². The van der Waals surface area contributed by atoms with Crippen molar-refractivity contribution in [3.05, 3.63) is 54.2 Å². The molecular formula is C23H45NO2. The molecule has 0 saturated heterocycles. The van der Waals surface area contributed by atoms with Gasteiger partial charge >= 0.3 is 0 Å². The van der Waals surface area contributed by atoms with E-state index in [1.165, 1.54) is 18.4 Å². The van der Waals surface area contributed by atoms with Gasteiger partial charge in [-0.05, 0) is 45.8 Å². The zero-order chi connectivity index (χ0) is 21.2. The number of allylic oxidation sites excluding steroid dienone is 4. The van der Waals surface area contributed by atoms with Crippen LogP contribution < -0.4 is 0 Å². The molecule has 0 aromatic carbocycles. The predicted molar refractivity (Wildman–Crippen MR) is 118 cm³/mol. The van der Waals surface area contributed by atoms with E-state index < -0.39 is 0 Å². The summed E-state index contributed by atoms with van der Waals surface area (Å²) in [7, 11) is 0. The number of aromatic nitrogens is 1. The first-order chi connectivity index (χ1) is 12.6. The van der Waals surface area contributed by atoms with Crippen molar-refractivity contribution in [2.45, 2.75) is 88.5 Å². The van der Waals surface area contributed by atoms with Crippen molar-refractivity contribution in [2.75, 3.05) is 6.61 Å². The van der Waals surface area contributed by atoms with Crippen molar-refractivity contribution in [2.24, 2.45) is 0 Å². The van der Waals surface area contributed by atoms with Gasteiger partial charge in [-0.1, -0.05) is 78.3 Å². The lowest BCUT2D eigenvalue weighted by atomic mass is 10.2. The molecule has 1 rings (SSSR count). The van der Waals surface area contributed by atoms with Gasteiger partial charge in [-0.15, -0.1) is 0 Å². The van der Waals surface area contributed by atoms with Gasteiger partial charge in [-0.2, -0.15) is 0 Å². The molecule has 0 aliphatic rings. The van der Waals surface area contributed by atoms with E-state index in [4.69, 9.17) is 4.74 Å². The number of aryl methyl sites for hydroxylation is 1. The quantitative estimate of drug-likeness (QED) is 0.360. The summed E-state index contributed by atoms with van der Waals surface area (Å²) in [6.45, 7) is 24.5. The highest BCUT2D eigenvalue weighted by Crippen LogP contribution is 2.01. The summed E-state index contributed by atoms with van der Waals surface area (Å²) in [6, 6.07) is 1.91. The summed E-state index contributed by atoms with van der Waals surface area (Å²) in [5.74, 6) is 0.828. The van der Waals surface area contributed by atoms with Crippen molar-refractivity contribution >= 4 is 0 Å². The number of unbranched alkanes of at least 4 members (excludes halogenated alkanes) is 1. The minimum absolute atomic E-state index is 0.689. The van der Waals surface area contributed by atoms with Crippen molar-refractivity contribution in [1.29, 1.82) is 0 Å². The number of hydrogen-bond donors (Lipinski definition) is 0. The van der Waals surface area contributed by atoms with Crippen LogP contribution in [-0.2, 0) is 11.2 Å². The van der Waals surface area contributed by atoms with Crippen LogP contribution in [0.1, 0.15) is 87.8 Å². The third-order valence-corrected chi connectivity index (χ3v) is 2.37. The Morgan fingerprint density at radius 1 is 1.08 bits per heavy atom. The average molecular weight is 368 g/mol. The van der Waals surface area contributed by atoms with Crippen LogP contribution >= 0.6 is 0 Å². The van der Waals surface area contributed by atoms with Crippen molar-refractivity contribution in [3.63, 3.8) is 0 Å². The Bertz CT molecular complexity index is 400. The minimum atomic E-state index is 0.689. The third-order valence-electron chi connectivity index (χ3n) is 2.37. The Hall–Kier alpha value is -1.77. The zero-order valence-corrected chi connectivity index (χ0v) is 19.2. The third kappa shape index (κ3) is 27.1. The first-order valence-corrected chi connectivity index (χ1v) is 10.1. The van der Waals surface area contributed by atoms with Gasteiger partial charge in [-0.25, -0.2) is 0 Å². The molecule has 0 saturated carbocycles. The second-order valence-electron chi connectivity index (χ2n) is 4.54. The summed E-state index contributed by atoms with van der Waals surface area (Å²) in [6.07, 6.45) is 10.7. The monoisotopic (exact) mass is 367 g/mol. The van der Waals surface area contributed by atoms with E-state index in [2.05, 4.69) is 23.2 Å². The number of rotatable bonds is 7. The van der Waals surface area contributed by atoms with E-state index in [0.717, 1.165) is 17.9 Å². The number of hydrogen-bond acceptors (Lipinski definition) is 3. The van der Waals surface area contributed by atoms with Crippen molar-refractivity contribution in [1.82, 2.24) is 5.16 Å². The minimum Gasteiger partial charge on any atom is -0.494 e. The maximum absolute atomic E-state index is 5.24. The second kappa shape index (κ2) is 31.0.